The van der Waals surface area contributed by atoms with Crippen molar-refractivity contribution in [3.8, 4) is 11.6 Å². The van der Waals surface area contributed by atoms with Gasteiger partial charge < -0.3 is 20.5 Å². The summed E-state index contributed by atoms with van der Waals surface area (Å²) in [5, 5.41) is 9.33. The summed E-state index contributed by atoms with van der Waals surface area (Å²) in [5.74, 6) is 0.103. The number of nitrogens with two attached hydrogens (primary N) is 1. The molecule has 1 aliphatic rings. The van der Waals surface area contributed by atoms with E-state index in [9.17, 15) is 23.1 Å². The van der Waals surface area contributed by atoms with Gasteiger partial charge in [-0.15, -0.1) is 0 Å². The monoisotopic (exact) mass is 423 g/mol. The van der Waals surface area contributed by atoms with Crippen molar-refractivity contribution in [3.63, 3.8) is 0 Å². The van der Waals surface area contributed by atoms with E-state index in [0.717, 1.165) is 18.9 Å². The van der Waals surface area contributed by atoms with E-state index in [1.165, 1.54) is 6.07 Å². The summed E-state index contributed by atoms with van der Waals surface area (Å²) in [6, 6.07) is 8.86. The molecule has 30 heavy (non-hydrogen) atoms. The van der Waals surface area contributed by atoms with Crippen LogP contribution in [0.25, 0.3) is 0 Å². The predicted molar refractivity (Wildman–Crippen MR) is 104 cm³/mol. The number of ether oxygens (including phenoxy) is 1. The molecule has 1 amide bonds. The summed E-state index contributed by atoms with van der Waals surface area (Å²) >= 11 is 0. The molecule has 1 aromatic carbocycles. The molecule has 1 saturated heterocycles. The van der Waals surface area contributed by atoms with Gasteiger partial charge in [-0.05, 0) is 48.1 Å². The van der Waals surface area contributed by atoms with E-state index in [1.807, 2.05) is 0 Å². The van der Waals surface area contributed by atoms with Crippen LogP contribution in [0.5, 0.6) is 11.6 Å². The number of alkyl halides is 3. The molecule has 162 valence electrons. The molecule has 0 aliphatic carbocycles. The van der Waals surface area contributed by atoms with Gasteiger partial charge in [0, 0.05) is 32.3 Å². The van der Waals surface area contributed by atoms with Gasteiger partial charge in [-0.1, -0.05) is 12.1 Å². The van der Waals surface area contributed by atoms with Gasteiger partial charge in [-0.25, -0.2) is 4.98 Å². The number of aromatic nitrogens is 1. The van der Waals surface area contributed by atoms with Crippen molar-refractivity contribution in [1.29, 1.82) is 0 Å². The molecule has 0 saturated carbocycles. The molecule has 0 radical (unpaired) electrons. The van der Waals surface area contributed by atoms with Gasteiger partial charge >= 0.3 is 6.18 Å². The first-order valence-electron chi connectivity index (χ1n) is 9.72. The number of carbonyl (C=O) groups excluding carboxylic acids is 1. The number of hydrogen-bond acceptors (Lipinski definition) is 5. The van der Waals surface area contributed by atoms with E-state index in [0.29, 0.717) is 18.7 Å². The van der Waals surface area contributed by atoms with Crippen molar-refractivity contribution in [2.75, 3.05) is 19.7 Å². The minimum Gasteiger partial charge on any atom is -0.439 e. The Hall–Kier alpha value is -2.65. The number of amides is 1. The molecular formula is C21H24F3N3O3. The summed E-state index contributed by atoms with van der Waals surface area (Å²) in [5.41, 5.74) is 5.34. The van der Waals surface area contributed by atoms with Crippen molar-refractivity contribution in [1.82, 2.24) is 9.88 Å². The number of likely N-dealkylation sites (tertiary alicyclic amines) is 1. The van der Waals surface area contributed by atoms with Crippen LogP contribution in [0.1, 0.15) is 29.7 Å². The Morgan fingerprint density at radius 2 is 2.07 bits per heavy atom. The molecule has 0 spiro atoms. The second-order valence-electron chi connectivity index (χ2n) is 7.36. The fraction of sp³-hybridized carbons (Fsp3) is 0.429. The summed E-state index contributed by atoms with van der Waals surface area (Å²) in [4.78, 5) is 17.9. The van der Waals surface area contributed by atoms with Crippen LogP contribution in [0.2, 0.25) is 0 Å². The zero-order valence-corrected chi connectivity index (χ0v) is 16.4. The largest absolute Gasteiger partial charge is 0.439 e. The van der Waals surface area contributed by atoms with Crippen LogP contribution in [0.3, 0.4) is 0 Å². The molecule has 9 heteroatoms. The molecule has 1 aliphatic heterocycles. The fourth-order valence-corrected chi connectivity index (χ4v) is 3.44. The number of aliphatic hydroxyl groups excluding tert-OH is 1. The second kappa shape index (κ2) is 9.44. The summed E-state index contributed by atoms with van der Waals surface area (Å²) in [6.07, 6.45) is -2.72. The lowest BCUT2D eigenvalue weighted by Gasteiger charge is -2.32. The number of benzene rings is 1. The third kappa shape index (κ3) is 5.70. The van der Waals surface area contributed by atoms with E-state index >= 15 is 0 Å². The highest BCUT2D eigenvalue weighted by molar-refractivity contribution is 5.79. The maximum Gasteiger partial charge on any atom is 0.433 e. The zero-order valence-electron chi connectivity index (χ0n) is 16.4. The van der Waals surface area contributed by atoms with Gasteiger partial charge in [0.2, 0.25) is 11.8 Å². The molecule has 3 N–H and O–H groups in total. The number of nitrogens with zero attached hydrogens (tertiary/aromatic N) is 2. The van der Waals surface area contributed by atoms with E-state index < -0.39 is 11.9 Å². The maximum absolute atomic E-state index is 13.0. The van der Waals surface area contributed by atoms with E-state index in [-0.39, 0.29) is 48.6 Å². The van der Waals surface area contributed by atoms with E-state index in [1.54, 1.807) is 29.2 Å². The van der Waals surface area contributed by atoms with Crippen LogP contribution >= 0.6 is 0 Å². The van der Waals surface area contributed by atoms with Crippen LogP contribution in [0.15, 0.2) is 36.4 Å². The van der Waals surface area contributed by atoms with Crippen LogP contribution in [-0.2, 0) is 23.9 Å². The number of carbonyl (C=O) groups is 1. The highest BCUT2D eigenvalue weighted by Gasteiger charge is 2.33. The highest BCUT2D eigenvalue weighted by atomic mass is 19.4. The van der Waals surface area contributed by atoms with E-state index in [4.69, 9.17) is 10.5 Å². The molecule has 0 unspecified atom stereocenters. The first-order valence-corrected chi connectivity index (χ1v) is 9.72. The molecule has 1 fully saturated rings. The minimum absolute atomic E-state index is 0.0574. The molecular weight excluding hydrogens is 399 g/mol. The normalized spacial score (nSPS) is 17.1. The van der Waals surface area contributed by atoms with Crippen LogP contribution in [0.4, 0.5) is 13.2 Å². The smallest absolute Gasteiger partial charge is 0.433 e. The highest BCUT2D eigenvalue weighted by Crippen LogP contribution is 2.31. The number of halogens is 3. The Morgan fingerprint density at radius 3 is 2.77 bits per heavy atom. The van der Waals surface area contributed by atoms with Gasteiger partial charge in [-0.2, -0.15) is 13.2 Å². The lowest BCUT2D eigenvalue weighted by molar-refractivity contribution is -0.141. The van der Waals surface area contributed by atoms with Crippen molar-refractivity contribution >= 4 is 5.91 Å². The van der Waals surface area contributed by atoms with E-state index in [2.05, 4.69) is 4.98 Å². The molecule has 2 aromatic rings. The lowest BCUT2D eigenvalue weighted by Crippen LogP contribution is -2.41. The Bertz CT molecular complexity index is 889. The average Bonchev–Trinajstić information content (AvgIpc) is 2.73. The first kappa shape index (κ1) is 22.0. The molecule has 6 nitrogen and oxygen atoms in total. The Balaban J connectivity index is 1.72. The van der Waals surface area contributed by atoms with Crippen molar-refractivity contribution in [3.05, 3.63) is 53.2 Å². The Kier molecular flexibility index (Phi) is 6.94. The molecule has 0 bridgehead atoms. The quantitative estimate of drug-likeness (QED) is 0.745. The Morgan fingerprint density at radius 1 is 1.27 bits per heavy atom. The van der Waals surface area contributed by atoms with Crippen molar-refractivity contribution < 1.29 is 27.8 Å². The maximum atomic E-state index is 13.0. The molecule has 1 atom stereocenters. The van der Waals surface area contributed by atoms with Gasteiger partial charge in [0.25, 0.3) is 0 Å². The van der Waals surface area contributed by atoms with Crippen molar-refractivity contribution in [2.45, 2.75) is 32.0 Å². The predicted octanol–water partition coefficient (Wildman–Crippen LogP) is 3.12. The molecule has 2 heterocycles. The summed E-state index contributed by atoms with van der Waals surface area (Å²) in [7, 11) is 0. The number of piperidine rings is 1. The third-order valence-electron chi connectivity index (χ3n) is 4.99. The molecule has 3 rings (SSSR count). The average molecular weight is 423 g/mol. The lowest BCUT2D eigenvalue weighted by atomic mass is 9.98. The first-order chi connectivity index (χ1) is 14.3. The third-order valence-corrected chi connectivity index (χ3v) is 4.99. The summed E-state index contributed by atoms with van der Waals surface area (Å²) in [6.45, 7) is 1.16. The standard InChI is InChI=1S/C21H24F3N3O3/c22-21(23,24)18-8-16(11-25)9-19(26-18)30-17-5-1-3-14(7-17)10-20(29)27-6-2-4-15(12-27)13-28/h1,3,5,7-9,15,28H,2,4,6,10-13,25H2/t15-/m0/s1. The number of rotatable bonds is 6. The topological polar surface area (TPSA) is 88.7 Å². The van der Waals surface area contributed by atoms with Gasteiger partial charge in [-0.3, -0.25) is 4.79 Å². The number of aliphatic hydroxyl groups is 1. The van der Waals surface area contributed by atoms with Gasteiger partial charge in [0.15, 0.2) is 0 Å². The van der Waals surface area contributed by atoms with Crippen LogP contribution in [0, 0.1) is 5.92 Å². The fourth-order valence-electron chi connectivity index (χ4n) is 3.44. The van der Waals surface area contributed by atoms with Crippen LogP contribution < -0.4 is 10.5 Å². The number of hydrogen-bond donors (Lipinski definition) is 2. The van der Waals surface area contributed by atoms with Gasteiger partial charge in [0.1, 0.15) is 11.4 Å². The van der Waals surface area contributed by atoms with Gasteiger partial charge in [0.05, 0.1) is 6.42 Å². The van der Waals surface area contributed by atoms with Crippen molar-refractivity contribution in [2.24, 2.45) is 11.7 Å². The zero-order chi connectivity index (χ0) is 21.7. The van der Waals surface area contributed by atoms with Crippen LogP contribution in [-0.4, -0.2) is 40.6 Å². The number of pyridine rings is 1. The minimum atomic E-state index is -4.61. The molecule has 1 aromatic heterocycles. The second-order valence-corrected chi connectivity index (χ2v) is 7.36. The Labute approximate surface area is 172 Å². The summed E-state index contributed by atoms with van der Waals surface area (Å²) < 4.78 is 44.7. The SMILES string of the molecule is NCc1cc(Oc2cccc(CC(=O)N3CCC[C@H](CO)C3)c2)nc(C(F)(F)F)c1.